The third kappa shape index (κ3) is 5.46. The van der Waals surface area contributed by atoms with E-state index in [1.165, 1.54) is 17.4 Å². The number of nitrogens with one attached hydrogen (secondary N) is 1. The van der Waals surface area contributed by atoms with Gasteiger partial charge in [0.2, 0.25) is 0 Å². The number of rotatable bonds is 5. The molecule has 0 saturated heterocycles. The first-order chi connectivity index (χ1) is 15.4. The second kappa shape index (κ2) is 9.08. The van der Waals surface area contributed by atoms with Crippen molar-refractivity contribution in [2.24, 2.45) is 5.73 Å². The predicted octanol–water partition coefficient (Wildman–Crippen LogP) is 4.45. The summed E-state index contributed by atoms with van der Waals surface area (Å²) in [5.74, 6) is 0.554. The van der Waals surface area contributed by atoms with Crippen molar-refractivity contribution < 1.29 is 26.3 Å². The zero-order valence-corrected chi connectivity index (χ0v) is 23.5. The monoisotopic (exact) mass is 705 g/mol. The molecule has 1 aliphatic rings. The molecule has 1 heterocycles. The van der Waals surface area contributed by atoms with E-state index < -0.39 is 31.7 Å². The maximum absolute atomic E-state index is 12.8. The number of aryl methyl sites for hydroxylation is 1. The van der Waals surface area contributed by atoms with Gasteiger partial charge in [-0.05, 0) is 0 Å². The molecular weight excluding hydrogens is 691 g/mol. The van der Waals surface area contributed by atoms with Crippen molar-refractivity contribution in [2.75, 3.05) is 4.72 Å². The van der Waals surface area contributed by atoms with E-state index in [4.69, 9.17) is 22.1 Å². The first-order valence-corrected chi connectivity index (χ1v) is 14.3. The van der Waals surface area contributed by atoms with Crippen LogP contribution in [0.3, 0.4) is 0 Å². The van der Waals surface area contributed by atoms with Crippen LogP contribution in [-0.2, 0) is 22.6 Å². The van der Waals surface area contributed by atoms with Gasteiger partial charge in [-0.3, -0.25) is 0 Å². The molecule has 170 valence electrons. The number of halogens is 4. The summed E-state index contributed by atoms with van der Waals surface area (Å²) in [6.45, 7) is 0. The number of sulfonamides is 1. The van der Waals surface area contributed by atoms with Gasteiger partial charge in [0.1, 0.15) is 0 Å². The Morgan fingerprint density at radius 1 is 1.18 bits per heavy atom. The van der Waals surface area contributed by atoms with Gasteiger partial charge in [-0.25, -0.2) is 0 Å². The van der Waals surface area contributed by atoms with E-state index in [0.717, 1.165) is 38.3 Å². The zero-order chi connectivity index (χ0) is 24.0. The molecule has 1 aliphatic carbocycles. The molecule has 0 spiro atoms. The molecule has 0 unspecified atom stereocenters. The van der Waals surface area contributed by atoms with Gasteiger partial charge in [-0.15, -0.1) is 0 Å². The summed E-state index contributed by atoms with van der Waals surface area (Å²) in [4.78, 5) is 5.00. The Bertz CT molecular complexity index is 1370. The van der Waals surface area contributed by atoms with Gasteiger partial charge in [0, 0.05) is 0 Å². The number of allylic oxidation sites excluding steroid dienone is 1. The third-order valence-corrected chi connectivity index (χ3v) is 9.22. The predicted molar refractivity (Wildman–Crippen MR) is 122 cm³/mol. The molecule has 6 nitrogen and oxygen atoms in total. The number of hydrogen-bond donors (Lipinski definition) is 2. The summed E-state index contributed by atoms with van der Waals surface area (Å²) in [7, 11) is -4.20. The molecule has 3 aromatic rings. The van der Waals surface area contributed by atoms with E-state index in [1.54, 1.807) is 12.1 Å². The SMILES string of the molecule is NC1=Cc2sc(Oc3ccc(NS(=O)(=O)c4ccc(C(F)(F)F)cc4Cl)c[c]3[Tl])nc2CC1. The van der Waals surface area contributed by atoms with Gasteiger partial charge in [-0.1, -0.05) is 0 Å². The second-order valence-corrected chi connectivity index (χ2v) is 12.6. The fraction of sp³-hybridized carbons (Fsp3) is 0.150. The van der Waals surface area contributed by atoms with Gasteiger partial charge >= 0.3 is 213 Å². The van der Waals surface area contributed by atoms with Crippen molar-refractivity contribution in [3.63, 3.8) is 0 Å². The third-order valence-electron chi connectivity index (χ3n) is 4.68. The number of thiazole rings is 1. The number of ether oxygens (including phenoxy) is 1. The fourth-order valence-electron chi connectivity index (χ4n) is 3.08. The Hall–Kier alpha value is -1.84. The fourth-order valence-corrected chi connectivity index (χ4v) is 6.93. The maximum atomic E-state index is 12.8. The van der Waals surface area contributed by atoms with Crippen LogP contribution in [0.4, 0.5) is 18.9 Å². The molecule has 0 saturated carbocycles. The zero-order valence-electron chi connectivity index (χ0n) is 16.6. The Labute approximate surface area is 212 Å². The number of alkyl halides is 3. The Balaban J connectivity index is 1.53. The molecule has 13 heteroatoms. The van der Waals surface area contributed by atoms with Crippen LogP contribution >= 0.6 is 22.9 Å². The molecule has 2 aromatic carbocycles. The molecule has 1 aromatic heterocycles. The van der Waals surface area contributed by atoms with Crippen molar-refractivity contribution in [2.45, 2.75) is 23.9 Å². The van der Waals surface area contributed by atoms with Crippen LogP contribution < -0.4 is 18.3 Å². The van der Waals surface area contributed by atoms with Crippen molar-refractivity contribution in [3.05, 3.63) is 63.3 Å². The quantitative estimate of drug-likeness (QED) is 0.383. The van der Waals surface area contributed by atoms with Gasteiger partial charge in [0.25, 0.3) is 0 Å². The number of aromatic nitrogens is 1. The van der Waals surface area contributed by atoms with Crippen LogP contribution in [0.5, 0.6) is 10.9 Å². The number of hydrogen-bond acceptors (Lipinski definition) is 6. The van der Waals surface area contributed by atoms with Gasteiger partial charge in [-0.2, -0.15) is 0 Å². The molecule has 3 N–H and O–H groups in total. The minimum atomic E-state index is -4.63. The van der Waals surface area contributed by atoms with Gasteiger partial charge in [0.05, 0.1) is 0 Å². The molecule has 0 amide bonds. The van der Waals surface area contributed by atoms with E-state index in [1.807, 2.05) is 6.08 Å². The van der Waals surface area contributed by atoms with E-state index in [9.17, 15) is 21.6 Å². The molecular formula is C20H14ClF3N3O3S2Tl. The average Bonchev–Trinajstić information content (AvgIpc) is 3.10. The first-order valence-electron chi connectivity index (χ1n) is 9.35. The van der Waals surface area contributed by atoms with Crippen LogP contribution in [0.2, 0.25) is 5.02 Å². The summed E-state index contributed by atoms with van der Waals surface area (Å²) in [5, 5.41) is -0.0506. The van der Waals surface area contributed by atoms with Crippen molar-refractivity contribution >= 4 is 73.6 Å². The summed E-state index contributed by atoms with van der Waals surface area (Å²) in [6.07, 6.45) is -1.24. The van der Waals surface area contributed by atoms with Crippen LogP contribution in [0.15, 0.2) is 47.0 Å². The van der Waals surface area contributed by atoms with Crippen molar-refractivity contribution in [1.29, 1.82) is 0 Å². The van der Waals surface area contributed by atoms with Crippen molar-refractivity contribution in [3.8, 4) is 10.9 Å². The van der Waals surface area contributed by atoms with E-state index >= 15 is 0 Å². The summed E-state index contributed by atoms with van der Waals surface area (Å²) in [6, 6.07) is 6.82. The Morgan fingerprint density at radius 3 is 2.61 bits per heavy atom. The number of anilines is 1. The van der Waals surface area contributed by atoms with Gasteiger partial charge < -0.3 is 0 Å². The molecule has 0 radical (unpaired) electrons. The normalized spacial score (nSPS) is 13.8. The topological polar surface area (TPSA) is 94.3 Å². The summed E-state index contributed by atoms with van der Waals surface area (Å²) >= 11 is 7.52. The molecule has 0 aliphatic heterocycles. The number of nitrogens with two attached hydrogens (primary N) is 1. The van der Waals surface area contributed by atoms with Crippen LogP contribution in [-0.4, -0.2) is 39.2 Å². The minimum absolute atomic E-state index is 0.241. The van der Waals surface area contributed by atoms with E-state index in [-0.39, 0.29) is 5.69 Å². The number of benzene rings is 2. The van der Waals surface area contributed by atoms with E-state index in [0.29, 0.717) is 48.8 Å². The molecule has 33 heavy (non-hydrogen) atoms. The standard InChI is InChI=1S/C20H14ClF3N3O3S2.Tl/c21-15-9-11(20(22,23)24)1-8-18(15)32(28,29)27-13-3-5-14(6-4-13)30-19-26-16-7-2-12(25)10-17(16)31-19;/h1,3-5,8-10,27H,2,7,25H2;. The number of nitrogens with zero attached hydrogens (tertiary/aromatic N) is 1. The van der Waals surface area contributed by atoms with E-state index in [2.05, 4.69) is 9.71 Å². The summed E-state index contributed by atoms with van der Waals surface area (Å²) < 4.78 is 72.9. The average molecular weight is 705 g/mol. The van der Waals surface area contributed by atoms with Gasteiger partial charge in [0.15, 0.2) is 0 Å². The Morgan fingerprint density at radius 2 is 1.94 bits per heavy atom. The molecule has 0 fully saturated rings. The second-order valence-electron chi connectivity index (χ2n) is 7.11. The first kappa shape index (κ1) is 24.3. The van der Waals surface area contributed by atoms with Crippen LogP contribution in [0.1, 0.15) is 22.6 Å². The molecule has 4 rings (SSSR count). The number of fused-ring (bicyclic) bond motifs is 1. The Kier molecular flexibility index (Phi) is 6.68. The van der Waals surface area contributed by atoms with Crippen molar-refractivity contribution in [1.82, 2.24) is 4.98 Å². The van der Waals surface area contributed by atoms with Crippen LogP contribution in [0.25, 0.3) is 6.08 Å². The summed E-state index contributed by atoms with van der Waals surface area (Å²) in [5.41, 5.74) is 6.81. The van der Waals surface area contributed by atoms with Crippen LogP contribution in [0, 0.1) is 0 Å². The molecule has 0 bridgehead atoms. The molecule has 0 atom stereocenters.